The van der Waals surface area contributed by atoms with Gasteiger partial charge in [-0.1, -0.05) is 12.1 Å². The monoisotopic (exact) mass is 378 g/mol. The van der Waals surface area contributed by atoms with Gasteiger partial charge in [0.25, 0.3) is 0 Å². The largest absolute Gasteiger partial charge is 0.491 e. The molecule has 6 nitrogen and oxygen atoms in total. The quantitative estimate of drug-likeness (QED) is 0.333. The van der Waals surface area contributed by atoms with Crippen molar-refractivity contribution in [2.45, 2.75) is 47.2 Å². The number of hydrogen-bond donors (Lipinski definition) is 2. The van der Waals surface area contributed by atoms with Crippen LogP contribution in [0.15, 0.2) is 23.2 Å². The fraction of sp³-hybridized carbons (Fsp3) is 0.667. The second kappa shape index (κ2) is 13.4. The molecule has 0 saturated heterocycles. The molecular weight excluding hydrogens is 340 g/mol. The molecule has 0 amide bonds. The third-order valence-electron chi connectivity index (χ3n) is 4.30. The molecular formula is C21H38N4O2. The lowest BCUT2D eigenvalue weighted by atomic mass is 10.1. The molecule has 0 saturated carbocycles. The van der Waals surface area contributed by atoms with E-state index in [9.17, 15) is 0 Å². The molecule has 0 aliphatic rings. The summed E-state index contributed by atoms with van der Waals surface area (Å²) in [6.07, 6.45) is 0. The molecule has 0 heterocycles. The topological polar surface area (TPSA) is 58.1 Å². The number of rotatable bonds is 12. The summed E-state index contributed by atoms with van der Waals surface area (Å²) in [5.74, 6) is 1.71. The van der Waals surface area contributed by atoms with E-state index in [1.165, 1.54) is 5.56 Å². The first-order valence-electron chi connectivity index (χ1n) is 10.00. The molecule has 0 unspecified atom stereocenters. The second-order valence-corrected chi connectivity index (χ2v) is 6.85. The Morgan fingerprint density at radius 3 is 2.63 bits per heavy atom. The zero-order valence-electron chi connectivity index (χ0n) is 18.0. The number of nitrogens with one attached hydrogen (secondary N) is 2. The minimum atomic E-state index is 0.537. The van der Waals surface area contributed by atoms with Crippen molar-refractivity contribution in [2.75, 3.05) is 46.5 Å². The fourth-order valence-corrected chi connectivity index (χ4v) is 2.40. The Hall–Kier alpha value is -1.79. The maximum atomic E-state index is 5.91. The highest BCUT2D eigenvalue weighted by Crippen LogP contribution is 2.21. The van der Waals surface area contributed by atoms with Crippen LogP contribution >= 0.6 is 0 Å². The third-order valence-corrected chi connectivity index (χ3v) is 4.30. The van der Waals surface area contributed by atoms with E-state index in [4.69, 9.17) is 14.5 Å². The zero-order valence-corrected chi connectivity index (χ0v) is 18.0. The number of aryl methyl sites for hydroxylation is 1. The molecule has 1 aromatic rings. The molecule has 6 heteroatoms. The Bertz CT molecular complexity index is 561. The normalized spacial score (nSPS) is 11.9. The number of guanidine groups is 1. The van der Waals surface area contributed by atoms with Gasteiger partial charge in [-0.3, -0.25) is 0 Å². The average Bonchev–Trinajstić information content (AvgIpc) is 2.64. The smallest absolute Gasteiger partial charge is 0.191 e. The first kappa shape index (κ1) is 23.2. The van der Waals surface area contributed by atoms with Crippen molar-refractivity contribution in [1.29, 1.82) is 0 Å². The third kappa shape index (κ3) is 9.63. The zero-order chi connectivity index (χ0) is 20.1. The summed E-state index contributed by atoms with van der Waals surface area (Å²) in [5, 5.41) is 6.71. The Morgan fingerprint density at radius 1 is 1.19 bits per heavy atom. The van der Waals surface area contributed by atoms with Gasteiger partial charge in [-0.2, -0.15) is 0 Å². The van der Waals surface area contributed by atoms with Crippen LogP contribution in [0.5, 0.6) is 5.75 Å². The Kier molecular flexibility index (Phi) is 11.5. The molecule has 27 heavy (non-hydrogen) atoms. The average molecular weight is 379 g/mol. The van der Waals surface area contributed by atoms with Crippen LogP contribution in [0.1, 0.15) is 38.8 Å². The first-order valence-corrected chi connectivity index (χ1v) is 10.00. The highest BCUT2D eigenvalue weighted by molar-refractivity contribution is 5.79. The van der Waals surface area contributed by atoms with Gasteiger partial charge in [0.1, 0.15) is 12.4 Å². The number of ether oxygens (including phenoxy) is 2. The van der Waals surface area contributed by atoms with Gasteiger partial charge in [-0.25, -0.2) is 4.99 Å². The molecule has 0 aromatic heterocycles. The predicted molar refractivity (Wildman–Crippen MR) is 114 cm³/mol. The summed E-state index contributed by atoms with van der Waals surface area (Å²) < 4.78 is 11.3. The van der Waals surface area contributed by atoms with E-state index >= 15 is 0 Å². The van der Waals surface area contributed by atoms with Crippen molar-refractivity contribution in [1.82, 2.24) is 15.5 Å². The van der Waals surface area contributed by atoms with Crippen LogP contribution in [0.2, 0.25) is 0 Å². The number of nitrogens with zero attached hydrogens (tertiary/aromatic N) is 2. The van der Waals surface area contributed by atoms with E-state index in [0.717, 1.165) is 36.9 Å². The number of likely N-dealkylation sites (N-methyl/N-ethyl adjacent to an activating group) is 1. The van der Waals surface area contributed by atoms with Crippen LogP contribution in [0.4, 0.5) is 0 Å². The van der Waals surface area contributed by atoms with E-state index in [1.54, 1.807) is 0 Å². The van der Waals surface area contributed by atoms with E-state index in [1.807, 2.05) is 6.92 Å². The Morgan fingerprint density at radius 2 is 1.96 bits per heavy atom. The molecule has 1 aromatic carbocycles. The summed E-state index contributed by atoms with van der Waals surface area (Å²) in [5.41, 5.74) is 2.25. The first-order chi connectivity index (χ1) is 13.0. The molecule has 2 N–H and O–H groups in total. The lowest BCUT2D eigenvalue weighted by Crippen LogP contribution is -2.42. The predicted octanol–water partition coefficient (Wildman–Crippen LogP) is 2.81. The Labute approximate surface area is 165 Å². The maximum absolute atomic E-state index is 5.91. The van der Waals surface area contributed by atoms with Crippen LogP contribution in [0, 0.1) is 6.92 Å². The molecule has 0 bridgehead atoms. The minimum Gasteiger partial charge on any atom is -0.491 e. The summed E-state index contributed by atoms with van der Waals surface area (Å²) in [6.45, 7) is 15.6. The van der Waals surface area contributed by atoms with Crippen LogP contribution < -0.4 is 15.4 Å². The lowest BCUT2D eigenvalue weighted by Gasteiger charge is -2.21. The van der Waals surface area contributed by atoms with Gasteiger partial charge in [-0.05, 0) is 53.3 Å². The summed E-state index contributed by atoms with van der Waals surface area (Å²) >= 11 is 0. The summed E-state index contributed by atoms with van der Waals surface area (Å²) in [6, 6.07) is 6.79. The molecule has 154 valence electrons. The van der Waals surface area contributed by atoms with E-state index in [2.05, 4.69) is 68.5 Å². The van der Waals surface area contributed by atoms with Crippen molar-refractivity contribution in [3.8, 4) is 5.75 Å². The highest BCUT2D eigenvalue weighted by Gasteiger charge is 2.06. The Balaban J connectivity index is 2.68. The van der Waals surface area contributed by atoms with E-state index in [0.29, 0.717) is 32.4 Å². The minimum absolute atomic E-state index is 0.537. The molecule has 0 atom stereocenters. The van der Waals surface area contributed by atoms with Gasteiger partial charge in [0.15, 0.2) is 5.96 Å². The SMILES string of the molecule is CCNC(=NCc1ccc(C)cc1OCCOCC)NCCN(C)C(C)C. The summed E-state index contributed by atoms with van der Waals surface area (Å²) in [7, 11) is 2.13. The molecule has 0 radical (unpaired) electrons. The number of hydrogen-bond acceptors (Lipinski definition) is 4. The van der Waals surface area contributed by atoms with Crippen molar-refractivity contribution >= 4 is 5.96 Å². The van der Waals surface area contributed by atoms with Gasteiger partial charge in [0, 0.05) is 37.8 Å². The summed E-state index contributed by atoms with van der Waals surface area (Å²) in [4.78, 5) is 7.03. The molecule has 0 aliphatic heterocycles. The highest BCUT2D eigenvalue weighted by atomic mass is 16.5. The van der Waals surface area contributed by atoms with Crippen LogP contribution in [-0.2, 0) is 11.3 Å². The van der Waals surface area contributed by atoms with Gasteiger partial charge >= 0.3 is 0 Å². The van der Waals surface area contributed by atoms with Crippen LogP contribution in [0.25, 0.3) is 0 Å². The molecule has 0 aliphatic carbocycles. The molecule has 0 fully saturated rings. The van der Waals surface area contributed by atoms with Crippen molar-refractivity contribution in [3.63, 3.8) is 0 Å². The van der Waals surface area contributed by atoms with Crippen molar-refractivity contribution in [3.05, 3.63) is 29.3 Å². The maximum Gasteiger partial charge on any atom is 0.191 e. The second-order valence-electron chi connectivity index (χ2n) is 6.85. The number of benzene rings is 1. The van der Waals surface area contributed by atoms with E-state index in [-0.39, 0.29) is 0 Å². The van der Waals surface area contributed by atoms with Crippen molar-refractivity contribution in [2.24, 2.45) is 4.99 Å². The van der Waals surface area contributed by atoms with E-state index < -0.39 is 0 Å². The van der Waals surface area contributed by atoms with Crippen molar-refractivity contribution < 1.29 is 9.47 Å². The number of aliphatic imine (C=N–C) groups is 1. The van der Waals surface area contributed by atoms with Gasteiger partial charge < -0.3 is 25.0 Å². The van der Waals surface area contributed by atoms with Gasteiger partial charge in [-0.15, -0.1) is 0 Å². The van der Waals surface area contributed by atoms with Crippen LogP contribution in [0.3, 0.4) is 0 Å². The standard InChI is InChI=1S/C21H38N4O2/c1-7-22-21(23-11-12-25(6)17(3)4)24-16-19-10-9-18(5)15-20(19)27-14-13-26-8-2/h9-10,15,17H,7-8,11-14,16H2,1-6H3,(H2,22,23,24). The van der Waals surface area contributed by atoms with Gasteiger partial charge in [0.2, 0.25) is 0 Å². The van der Waals surface area contributed by atoms with Crippen LogP contribution in [-0.4, -0.2) is 63.4 Å². The lowest BCUT2D eigenvalue weighted by molar-refractivity contribution is 0.110. The molecule has 1 rings (SSSR count). The van der Waals surface area contributed by atoms with Gasteiger partial charge in [0.05, 0.1) is 13.2 Å². The fourth-order valence-electron chi connectivity index (χ4n) is 2.40. The molecule has 0 spiro atoms.